The molecule has 0 spiro atoms. The lowest BCUT2D eigenvalue weighted by Gasteiger charge is -2.18. The van der Waals surface area contributed by atoms with Gasteiger partial charge in [0, 0.05) is 15.1 Å². The summed E-state index contributed by atoms with van der Waals surface area (Å²) < 4.78 is 3.35. The van der Waals surface area contributed by atoms with Crippen molar-refractivity contribution in [3.63, 3.8) is 0 Å². The number of nitrogens with zero attached hydrogens (tertiary/aromatic N) is 1. The summed E-state index contributed by atoms with van der Waals surface area (Å²) in [4.78, 5) is 4.51. The van der Waals surface area contributed by atoms with Crippen LogP contribution in [0.25, 0.3) is 10.2 Å². The molecule has 0 radical (unpaired) electrons. The SMILES string of the molecule is Cc1cc(Br)c(NC(C)c2cnc3ccsc3c2)c(Br)c1. The lowest BCUT2D eigenvalue weighted by atomic mass is 10.1. The van der Waals surface area contributed by atoms with Gasteiger partial charge in [0.15, 0.2) is 0 Å². The molecule has 0 saturated carbocycles. The second-order valence-corrected chi connectivity index (χ2v) is 7.70. The van der Waals surface area contributed by atoms with Gasteiger partial charge in [0.2, 0.25) is 0 Å². The number of rotatable bonds is 3. The quantitative estimate of drug-likeness (QED) is 0.532. The van der Waals surface area contributed by atoms with Gasteiger partial charge in [0.1, 0.15) is 0 Å². The van der Waals surface area contributed by atoms with Crippen molar-refractivity contribution in [2.75, 3.05) is 5.32 Å². The first-order chi connectivity index (χ1) is 10.0. The minimum absolute atomic E-state index is 0.180. The van der Waals surface area contributed by atoms with E-state index in [1.54, 1.807) is 11.3 Å². The molecule has 2 nitrogen and oxygen atoms in total. The summed E-state index contributed by atoms with van der Waals surface area (Å²) >= 11 is 8.98. The summed E-state index contributed by atoms with van der Waals surface area (Å²) in [6, 6.07) is 8.66. The second kappa shape index (κ2) is 6.07. The Morgan fingerprint density at radius 3 is 2.62 bits per heavy atom. The van der Waals surface area contributed by atoms with Crippen molar-refractivity contribution >= 4 is 59.1 Å². The van der Waals surface area contributed by atoms with E-state index in [-0.39, 0.29) is 6.04 Å². The molecule has 0 bridgehead atoms. The molecule has 1 aromatic carbocycles. The van der Waals surface area contributed by atoms with Gasteiger partial charge in [-0.1, -0.05) is 0 Å². The van der Waals surface area contributed by atoms with E-state index in [1.165, 1.54) is 15.8 Å². The minimum Gasteiger partial charge on any atom is -0.377 e. The Bertz CT molecular complexity index is 775. The van der Waals surface area contributed by atoms with Crippen LogP contribution in [0.5, 0.6) is 0 Å². The van der Waals surface area contributed by atoms with Gasteiger partial charge in [-0.2, -0.15) is 0 Å². The monoisotopic (exact) mass is 424 g/mol. The molecule has 1 atom stereocenters. The van der Waals surface area contributed by atoms with Crippen LogP contribution in [0, 0.1) is 6.92 Å². The average molecular weight is 426 g/mol. The summed E-state index contributed by atoms with van der Waals surface area (Å²) in [5, 5.41) is 5.63. The van der Waals surface area contributed by atoms with E-state index in [0.717, 1.165) is 20.1 Å². The third-order valence-electron chi connectivity index (χ3n) is 3.37. The van der Waals surface area contributed by atoms with E-state index < -0.39 is 0 Å². The van der Waals surface area contributed by atoms with Crippen molar-refractivity contribution < 1.29 is 0 Å². The number of hydrogen-bond acceptors (Lipinski definition) is 3. The predicted molar refractivity (Wildman–Crippen MR) is 98.2 cm³/mol. The lowest BCUT2D eigenvalue weighted by Crippen LogP contribution is -2.08. The van der Waals surface area contributed by atoms with E-state index >= 15 is 0 Å². The molecule has 21 heavy (non-hydrogen) atoms. The van der Waals surface area contributed by atoms with Gasteiger partial charge in [-0.15, -0.1) is 11.3 Å². The second-order valence-electron chi connectivity index (χ2n) is 5.04. The van der Waals surface area contributed by atoms with Gasteiger partial charge >= 0.3 is 0 Å². The highest BCUT2D eigenvalue weighted by Gasteiger charge is 2.12. The molecule has 0 aliphatic rings. The smallest absolute Gasteiger partial charge is 0.0809 e. The molecule has 108 valence electrons. The van der Waals surface area contributed by atoms with Crippen LogP contribution in [0.3, 0.4) is 0 Å². The minimum atomic E-state index is 0.180. The number of fused-ring (bicyclic) bond motifs is 1. The van der Waals surface area contributed by atoms with E-state index in [2.05, 4.69) is 85.7 Å². The van der Waals surface area contributed by atoms with Crippen LogP contribution in [-0.4, -0.2) is 4.98 Å². The highest BCUT2D eigenvalue weighted by atomic mass is 79.9. The largest absolute Gasteiger partial charge is 0.377 e. The van der Waals surface area contributed by atoms with Gasteiger partial charge in [-0.05, 0) is 86.5 Å². The van der Waals surface area contributed by atoms with E-state index in [9.17, 15) is 0 Å². The first-order valence-corrected chi connectivity index (χ1v) is 9.06. The van der Waals surface area contributed by atoms with Crippen LogP contribution in [0.4, 0.5) is 5.69 Å². The summed E-state index contributed by atoms with van der Waals surface area (Å²) in [5.74, 6) is 0. The number of aryl methyl sites for hydroxylation is 1. The first-order valence-electron chi connectivity index (χ1n) is 6.60. The van der Waals surface area contributed by atoms with Crippen molar-refractivity contribution in [1.29, 1.82) is 0 Å². The summed E-state index contributed by atoms with van der Waals surface area (Å²) in [6.07, 6.45) is 1.95. The van der Waals surface area contributed by atoms with Gasteiger partial charge in [-0.3, -0.25) is 4.98 Å². The van der Waals surface area contributed by atoms with Gasteiger partial charge in [-0.25, -0.2) is 0 Å². The van der Waals surface area contributed by atoms with Gasteiger partial charge < -0.3 is 5.32 Å². The zero-order chi connectivity index (χ0) is 15.0. The molecule has 2 heterocycles. The third-order valence-corrected chi connectivity index (χ3v) is 5.48. The Kier molecular flexibility index (Phi) is 4.33. The molecule has 2 aromatic heterocycles. The van der Waals surface area contributed by atoms with E-state index in [0.29, 0.717) is 0 Å². The number of aromatic nitrogens is 1. The Morgan fingerprint density at radius 1 is 1.19 bits per heavy atom. The first kappa shape index (κ1) is 15.0. The molecule has 0 aliphatic carbocycles. The number of anilines is 1. The maximum Gasteiger partial charge on any atom is 0.0809 e. The zero-order valence-electron chi connectivity index (χ0n) is 11.7. The maximum atomic E-state index is 4.51. The molecule has 1 unspecified atom stereocenters. The number of benzene rings is 1. The fourth-order valence-corrected chi connectivity index (χ4v) is 4.67. The molecule has 0 amide bonds. The number of hydrogen-bond donors (Lipinski definition) is 1. The van der Waals surface area contributed by atoms with Crippen molar-refractivity contribution in [2.45, 2.75) is 19.9 Å². The van der Waals surface area contributed by atoms with Crippen LogP contribution >= 0.6 is 43.2 Å². The molecular weight excluding hydrogens is 412 g/mol. The normalized spacial score (nSPS) is 12.6. The number of thiophene rings is 1. The fraction of sp³-hybridized carbons (Fsp3) is 0.188. The van der Waals surface area contributed by atoms with Crippen molar-refractivity contribution in [1.82, 2.24) is 4.98 Å². The van der Waals surface area contributed by atoms with Crippen molar-refractivity contribution in [2.24, 2.45) is 0 Å². The van der Waals surface area contributed by atoms with Crippen LogP contribution < -0.4 is 5.32 Å². The number of nitrogens with one attached hydrogen (secondary N) is 1. The molecule has 0 saturated heterocycles. The lowest BCUT2D eigenvalue weighted by molar-refractivity contribution is 0.877. The molecular formula is C16H14Br2N2S. The standard InChI is InChI=1S/C16H14Br2N2S/c1-9-5-12(17)16(13(18)6-9)20-10(2)11-7-15-14(19-8-11)3-4-21-15/h3-8,10,20H,1-2H3. The number of halogens is 2. The molecule has 3 aromatic rings. The maximum absolute atomic E-state index is 4.51. The highest BCUT2D eigenvalue weighted by Crippen LogP contribution is 2.35. The number of pyridine rings is 1. The fourth-order valence-electron chi connectivity index (χ4n) is 2.24. The van der Waals surface area contributed by atoms with Crippen molar-refractivity contribution in [3.8, 4) is 0 Å². The topological polar surface area (TPSA) is 24.9 Å². The summed E-state index contributed by atoms with van der Waals surface area (Å²) in [7, 11) is 0. The van der Waals surface area contributed by atoms with Crippen molar-refractivity contribution in [3.05, 3.63) is 55.9 Å². The van der Waals surface area contributed by atoms with Gasteiger partial charge in [0.05, 0.1) is 21.9 Å². The zero-order valence-corrected chi connectivity index (χ0v) is 15.6. The predicted octanol–water partition coefficient (Wildman–Crippen LogP) is 6.30. The Labute approximate surface area is 144 Å². The van der Waals surface area contributed by atoms with Crippen LogP contribution in [0.1, 0.15) is 24.1 Å². The van der Waals surface area contributed by atoms with Crippen LogP contribution in [0.2, 0.25) is 0 Å². The third kappa shape index (κ3) is 3.15. The Balaban J connectivity index is 1.90. The van der Waals surface area contributed by atoms with Crippen LogP contribution in [-0.2, 0) is 0 Å². The summed E-state index contributed by atoms with van der Waals surface area (Å²) in [5.41, 5.74) is 4.53. The molecule has 5 heteroatoms. The molecule has 1 N–H and O–H groups in total. The Morgan fingerprint density at radius 2 is 1.90 bits per heavy atom. The average Bonchev–Trinajstić information content (AvgIpc) is 2.89. The Hall–Kier alpha value is -0.910. The van der Waals surface area contributed by atoms with E-state index in [1.807, 2.05) is 6.20 Å². The molecule has 0 aliphatic heterocycles. The highest BCUT2D eigenvalue weighted by molar-refractivity contribution is 9.11. The van der Waals surface area contributed by atoms with Crippen LogP contribution in [0.15, 0.2) is 44.8 Å². The summed E-state index contributed by atoms with van der Waals surface area (Å²) in [6.45, 7) is 4.23. The van der Waals surface area contributed by atoms with Gasteiger partial charge in [0.25, 0.3) is 0 Å². The molecule has 0 fully saturated rings. The molecule has 3 rings (SSSR count). The van der Waals surface area contributed by atoms with E-state index in [4.69, 9.17) is 0 Å².